The maximum absolute atomic E-state index is 13.0. The molecule has 2 unspecified atom stereocenters. The molecule has 1 aromatic rings. The summed E-state index contributed by atoms with van der Waals surface area (Å²) in [6, 6.07) is 7.07. The first-order valence-corrected chi connectivity index (χ1v) is 9.87. The van der Waals surface area contributed by atoms with E-state index in [0.29, 0.717) is 30.1 Å². The summed E-state index contributed by atoms with van der Waals surface area (Å²) in [6.45, 7) is 5.27. The molecule has 142 valence electrons. The van der Waals surface area contributed by atoms with Crippen molar-refractivity contribution in [3.8, 4) is 0 Å². The van der Waals surface area contributed by atoms with Crippen molar-refractivity contribution >= 4 is 29.5 Å². The fourth-order valence-electron chi connectivity index (χ4n) is 2.93. The largest absolute Gasteiger partial charge is 0.480 e. The Morgan fingerprint density at radius 3 is 2.77 bits per heavy atom. The number of carbonyl (C=O) groups excluding carboxylic acids is 2. The van der Waals surface area contributed by atoms with Gasteiger partial charge in [0.2, 0.25) is 5.91 Å². The smallest absolute Gasteiger partial charge is 0.316 e. The van der Waals surface area contributed by atoms with Crippen LogP contribution in [0.1, 0.15) is 43.5 Å². The molecule has 0 saturated carbocycles. The molecule has 1 aliphatic heterocycles. The minimum absolute atomic E-state index is 0.00603. The molecule has 2 N–H and O–H groups in total. The first kappa shape index (κ1) is 20.3. The van der Waals surface area contributed by atoms with Gasteiger partial charge in [-0.05, 0) is 38.3 Å². The minimum atomic E-state index is -0.914. The van der Waals surface area contributed by atoms with E-state index in [2.05, 4.69) is 5.32 Å². The van der Waals surface area contributed by atoms with E-state index in [1.165, 1.54) is 0 Å². The molecular formula is C19H26N2O4S. The molecule has 7 heteroatoms. The molecule has 1 aromatic carbocycles. The number of rotatable bonds is 7. The third kappa shape index (κ3) is 5.24. The molecule has 0 aromatic heterocycles. The van der Waals surface area contributed by atoms with E-state index in [-0.39, 0.29) is 17.7 Å². The van der Waals surface area contributed by atoms with Crippen LogP contribution in [0.5, 0.6) is 0 Å². The second kappa shape index (κ2) is 9.62. The Labute approximate surface area is 158 Å². The van der Waals surface area contributed by atoms with Crippen LogP contribution in [-0.4, -0.2) is 52.7 Å². The molecule has 2 amide bonds. The van der Waals surface area contributed by atoms with Crippen LogP contribution in [0, 0.1) is 5.92 Å². The van der Waals surface area contributed by atoms with Gasteiger partial charge in [0, 0.05) is 24.5 Å². The highest BCUT2D eigenvalue weighted by Crippen LogP contribution is 2.29. The van der Waals surface area contributed by atoms with Crippen molar-refractivity contribution in [1.82, 2.24) is 10.2 Å². The Morgan fingerprint density at radius 2 is 2.08 bits per heavy atom. The zero-order valence-corrected chi connectivity index (χ0v) is 16.1. The molecule has 0 spiro atoms. The van der Waals surface area contributed by atoms with Crippen LogP contribution in [0.4, 0.5) is 0 Å². The summed E-state index contributed by atoms with van der Waals surface area (Å²) < 4.78 is 0. The number of piperidine rings is 1. The second-order valence-electron chi connectivity index (χ2n) is 6.48. The molecule has 1 heterocycles. The van der Waals surface area contributed by atoms with E-state index in [0.717, 1.165) is 31.0 Å². The average Bonchev–Trinajstić information content (AvgIpc) is 2.66. The summed E-state index contributed by atoms with van der Waals surface area (Å²) in [5, 5.41) is 11.4. The molecule has 2 atom stereocenters. The van der Waals surface area contributed by atoms with Gasteiger partial charge in [0.1, 0.15) is 5.25 Å². The molecule has 0 radical (unpaired) electrons. The Bertz CT molecular complexity index is 665. The van der Waals surface area contributed by atoms with Gasteiger partial charge >= 0.3 is 5.97 Å². The first-order chi connectivity index (χ1) is 12.4. The lowest BCUT2D eigenvalue weighted by atomic mass is 9.96. The van der Waals surface area contributed by atoms with Crippen molar-refractivity contribution in [2.24, 2.45) is 5.92 Å². The zero-order valence-electron chi connectivity index (χ0n) is 15.2. The minimum Gasteiger partial charge on any atom is -0.480 e. The van der Waals surface area contributed by atoms with Gasteiger partial charge in [0.05, 0.1) is 11.5 Å². The van der Waals surface area contributed by atoms with Crippen LogP contribution < -0.4 is 5.32 Å². The fraction of sp³-hybridized carbons (Fsp3) is 0.526. The molecule has 1 saturated heterocycles. The third-order valence-electron chi connectivity index (χ3n) is 4.40. The quantitative estimate of drug-likeness (QED) is 0.712. The Balaban J connectivity index is 2.11. The Kier molecular flexibility index (Phi) is 7.50. The number of likely N-dealkylation sites (tertiary alicyclic amines) is 1. The molecular weight excluding hydrogens is 352 g/mol. The summed E-state index contributed by atoms with van der Waals surface area (Å²) in [4.78, 5) is 38.7. The summed E-state index contributed by atoms with van der Waals surface area (Å²) >= 11 is 1.16. The standard InChI is InChI=1S/C19H26N2O4S/c1-3-10-20-17(22)14-7-6-11-21(12-14)18(23)15-8-4-5-9-16(15)26-13(2)19(24)25/h4-5,8-9,13-14H,3,6-7,10-12H2,1-2H3,(H,20,22)(H,24,25). The number of thioether (sulfide) groups is 1. The number of carboxylic acids is 1. The van der Waals surface area contributed by atoms with E-state index in [1.807, 2.05) is 6.92 Å². The van der Waals surface area contributed by atoms with E-state index in [4.69, 9.17) is 5.11 Å². The van der Waals surface area contributed by atoms with Crippen LogP contribution in [0.15, 0.2) is 29.2 Å². The average molecular weight is 378 g/mol. The van der Waals surface area contributed by atoms with Gasteiger partial charge in [-0.15, -0.1) is 11.8 Å². The van der Waals surface area contributed by atoms with Crippen molar-refractivity contribution in [3.05, 3.63) is 29.8 Å². The molecule has 1 fully saturated rings. The summed E-state index contributed by atoms with van der Waals surface area (Å²) in [7, 11) is 0. The van der Waals surface area contributed by atoms with Crippen molar-refractivity contribution < 1.29 is 19.5 Å². The number of carboxylic acid groups (broad SMARTS) is 1. The monoisotopic (exact) mass is 378 g/mol. The van der Waals surface area contributed by atoms with Crippen molar-refractivity contribution in [3.63, 3.8) is 0 Å². The predicted octanol–water partition coefficient (Wildman–Crippen LogP) is 2.63. The normalized spacial score (nSPS) is 18.2. The third-order valence-corrected chi connectivity index (χ3v) is 5.56. The highest BCUT2D eigenvalue weighted by atomic mass is 32.2. The van der Waals surface area contributed by atoms with Crippen molar-refractivity contribution in [2.75, 3.05) is 19.6 Å². The van der Waals surface area contributed by atoms with Crippen LogP contribution in [0.3, 0.4) is 0 Å². The second-order valence-corrected chi connectivity index (χ2v) is 7.86. The van der Waals surface area contributed by atoms with Gasteiger partial charge in [-0.2, -0.15) is 0 Å². The number of nitrogens with one attached hydrogen (secondary N) is 1. The SMILES string of the molecule is CCCNC(=O)C1CCCN(C(=O)c2ccccc2SC(C)C(=O)O)C1. The van der Waals surface area contributed by atoms with Crippen LogP contribution in [0.2, 0.25) is 0 Å². The molecule has 2 rings (SSSR count). The number of nitrogens with zero attached hydrogens (tertiary/aromatic N) is 1. The molecule has 26 heavy (non-hydrogen) atoms. The van der Waals surface area contributed by atoms with E-state index in [1.54, 1.807) is 36.1 Å². The lowest BCUT2D eigenvalue weighted by Crippen LogP contribution is -2.45. The number of amides is 2. The van der Waals surface area contributed by atoms with Gasteiger partial charge in [-0.25, -0.2) is 0 Å². The van der Waals surface area contributed by atoms with E-state index < -0.39 is 11.2 Å². The highest BCUT2D eigenvalue weighted by Gasteiger charge is 2.30. The van der Waals surface area contributed by atoms with Crippen LogP contribution >= 0.6 is 11.8 Å². The van der Waals surface area contributed by atoms with Crippen LogP contribution in [0.25, 0.3) is 0 Å². The van der Waals surface area contributed by atoms with Crippen molar-refractivity contribution in [2.45, 2.75) is 43.3 Å². The van der Waals surface area contributed by atoms with E-state index >= 15 is 0 Å². The number of aliphatic carboxylic acids is 1. The highest BCUT2D eigenvalue weighted by molar-refractivity contribution is 8.00. The predicted molar refractivity (Wildman–Crippen MR) is 101 cm³/mol. The summed E-state index contributed by atoms with van der Waals surface area (Å²) in [6.07, 6.45) is 2.45. The van der Waals surface area contributed by atoms with Gasteiger partial charge in [0.25, 0.3) is 5.91 Å². The van der Waals surface area contributed by atoms with Gasteiger partial charge < -0.3 is 15.3 Å². The van der Waals surface area contributed by atoms with Crippen molar-refractivity contribution in [1.29, 1.82) is 0 Å². The topological polar surface area (TPSA) is 86.7 Å². The maximum atomic E-state index is 13.0. The molecule has 0 bridgehead atoms. The lowest BCUT2D eigenvalue weighted by Gasteiger charge is -2.32. The van der Waals surface area contributed by atoms with E-state index in [9.17, 15) is 14.4 Å². The molecule has 1 aliphatic rings. The van der Waals surface area contributed by atoms with Crippen LogP contribution in [-0.2, 0) is 9.59 Å². The van der Waals surface area contributed by atoms with Gasteiger partial charge in [0.15, 0.2) is 0 Å². The first-order valence-electron chi connectivity index (χ1n) is 8.99. The number of carbonyl (C=O) groups is 3. The summed E-state index contributed by atoms with van der Waals surface area (Å²) in [5.41, 5.74) is 0.500. The Morgan fingerprint density at radius 1 is 1.35 bits per heavy atom. The van der Waals surface area contributed by atoms with Gasteiger partial charge in [-0.1, -0.05) is 19.1 Å². The Hall–Kier alpha value is -2.02. The number of hydrogen-bond donors (Lipinski definition) is 2. The zero-order chi connectivity index (χ0) is 19.1. The number of benzene rings is 1. The van der Waals surface area contributed by atoms with Gasteiger partial charge in [-0.3, -0.25) is 14.4 Å². The molecule has 6 nitrogen and oxygen atoms in total. The fourth-order valence-corrected chi connectivity index (χ4v) is 3.85. The molecule has 0 aliphatic carbocycles. The maximum Gasteiger partial charge on any atom is 0.316 e. The number of hydrogen-bond acceptors (Lipinski definition) is 4. The lowest BCUT2D eigenvalue weighted by molar-refractivity contribution is -0.136. The summed E-state index contributed by atoms with van der Waals surface area (Å²) in [5.74, 6) is -1.23.